The molecule has 1 saturated heterocycles. The largest absolute Gasteiger partial charge is 0.454 e. The third-order valence-electron chi connectivity index (χ3n) is 3.83. The molecular formula is C14H18ClNO3. The summed E-state index contributed by atoms with van der Waals surface area (Å²) in [7, 11) is 0. The van der Waals surface area contributed by atoms with Crippen LogP contribution in [0.3, 0.4) is 0 Å². The smallest absolute Gasteiger partial charge is 0.231 e. The monoisotopic (exact) mass is 283 g/mol. The molecule has 0 unspecified atom stereocenters. The van der Waals surface area contributed by atoms with Crippen molar-refractivity contribution in [1.29, 1.82) is 0 Å². The Morgan fingerprint density at radius 2 is 2.05 bits per heavy atom. The Hall–Kier alpha value is -0.970. The molecule has 1 N–H and O–H groups in total. The van der Waals surface area contributed by atoms with E-state index in [1.54, 1.807) is 0 Å². The van der Waals surface area contributed by atoms with Gasteiger partial charge in [-0.3, -0.25) is 4.90 Å². The van der Waals surface area contributed by atoms with E-state index in [1.165, 1.54) is 0 Å². The third kappa shape index (κ3) is 2.81. The van der Waals surface area contributed by atoms with Gasteiger partial charge in [0.1, 0.15) is 0 Å². The van der Waals surface area contributed by atoms with E-state index in [4.69, 9.17) is 21.1 Å². The van der Waals surface area contributed by atoms with Crippen LogP contribution in [0.4, 0.5) is 0 Å². The Labute approximate surface area is 117 Å². The average molecular weight is 284 g/mol. The molecule has 0 aliphatic carbocycles. The zero-order valence-corrected chi connectivity index (χ0v) is 11.7. The number of likely N-dealkylation sites (tertiary alicyclic amines) is 1. The predicted molar refractivity (Wildman–Crippen MR) is 72.7 cm³/mol. The van der Waals surface area contributed by atoms with E-state index in [9.17, 15) is 5.11 Å². The number of hydrogen-bond acceptors (Lipinski definition) is 4. The summed E-state index contributed by atoms with van der Waals surface area (Å²) in [4.78, 5) is 2.33. The van der Waals surface area contributed by atoms with E-state index in [0.29, 0.717) is 10.8 Å². The minimum absolute atomic E-state index is 0.241. The summed E-state index contributed by atoms with van der Waals surface area (Å²) in [6.45, 7) is 4.78. The van der Waals surface area contributed by atoms with Crippen LogP contribution < -0.4 is 9.47 Å². The first-order chi connectivity index (χ1) is 9.03. The van der Waals surface area contributed by atoms with E-state index in [0.717, 1.165) is 43.8 Å². The van der Waals surface area contributed by atoms with Crippen LogP contribution in [0.1, 0.15) is 25.3 Å². The molecule has 1 fully saturated rings. The highest BCUT2D eigenvalue weighted by Crippen LogP contribution is 2.40. The Bertz CT molecular complexity index is 480. The summed E-state index contributed by atoms with van der Waals surface area (Å²) < 4.78 is 10.7. The lowest BCUT2D eigenvalue weighted by Crippen LogP contribution is -2.41. The SMILES string of the molecule is CC1(O)CCN(Cc2cc(Cl)c3c(c2)OCO3)CC1. The van der Waals surface area contributed by atoms with Gasteiger partial charge in [-0.2, -0.15) is 0 Å². The molecule has 104 valence electrons. The van der Waals surface area contributed by atoms with E-state index >= 15 is 0 Å². The van der Waals surface area contributed by atoms with E-state index in [2.05, 4.69) is 4.90 Å². The van der Waals surface area contributed by atoms with Gasteiger partial charge in [-0.1, -0.05) is 11.6 Å². The maximum absolute atomic E-state index is 9.94. The summed E-state index contributed by atoms with van der Waals surface area (Å²) in [5.74, 6) is 1.37. The van der Waals surface area contributed by atoms with Gasteiger partial charge in [-0.15, -0.1) is 0 Å². The Morgan fingerprint density at radius 3 is 2.79 bits per heavy atom. The summed E-state index contributed by atoms with van der Waals surface area (Å²) in [5, 5.41) is 10.6. The summed E-state index contributed by atoms with van der Waals surface area (Å²) >= 11 is 6.17. The second-order valence-corrected chi connectivity index (χ2v) is 5.99. The zero-order valence-electron chi connectivity index (χ0n) is 11.0. The van der Waals surface area contributed by atoms with Crippen LogP contribution in [0.2, 0.25) is 5.02 Å². The fourth-order valence-corrected chi connectivity index (χ4v) is 2.85. The molecular weight excluding hydrogens is 266 g/mol. The molecule has 19 heavy (non-hydrogen) atoms. The van der Waals surface area contributed by atoms with Crippen molar-refractivity contribution in [2.45, 2.75) is 31.9 Å². The fraction of sp³-hybridized carbons (Fsp3) is 0.571. The summed E-state index contributed by atoms with van der Waals surface area (Å²) in [6.07, 6.45) is 1.62. The number of halogens is 1. The molecule has 0 bridgehead atoms. The minimum Gasteiger partial charge on any atom is -0.454 e. The van der Waals surface area contributed by atoms with Crippen molar-refractivity contribution in [3.05, 3.63) is 22.7 Å². The first kappa shape index (κ1) is 13.0. The van der Waals surface area contributed by atoms with Crippen LogP contribution in [0, 0.1) is 0 Å². The van der Waals surface area contributed by atoms with Crippen molar-refractivity contribution in [2.24, 2.45) is 0 Å². The third-order valence-corrected chi connectivity index (χ3v) is 4.11. The maximum Gasteiger partial charge on any atom is 0.231 e. The Morgan fingerprint density at radius 1 is 1.32 bits per heavy atom. The maximum atomic E-state index is 9.94. The van der Waals surface area contributed by atoms with Crippen molar-refractivity contribution in [3.63, 3.8) is 0 Å². The summed E-state index contributed by atoms with van der Waals surface area (Å²) in [6, 6.07) is 3.92. The molecule has 0 aromatic heterocycles. The first-order valence-electron chi connectivity index (χ1n) is 6.56. The molecule has 5 heteroatoms. The lowest BCUT2D eigenvalue weighted by Gasteiger charge is -2.35. The molecule has 1 aromatic rings. The normalized spacial score (nSPS) is 21.6. The molecule has 3 rings (SSSR count). The van der Waals surface area contributed by atoms with Gasteiger partial charge in [0.05, 0.1) is 10.6 Å². The fourth-order valence-electron chi connectivity index (χ4n) is 2.56. The van der Waals surface area contributed by atoms with E-state index in [-0.39, 0.29) is 6.79 Å². The molecule has 0 saturated carbocycles. The number of ether oxygens (including phenoxy) is 2. The number of rotatable bonds is 2. The Balaban J connectivity index is 1.69. The zero-order chi connectivity index (χ0) is 13.5. The lowest BCUT2D eigenvalue weighted by atomic mass is 9.93. The van der Waals surface area contributed by atoms with Crippen LogP contribution in [-0.4, -0.2) is 35.5 Å². The second-order valence-electron chi connectivity index (χ2n) is 5.58. The van der Waals surface area contributed by atoms with Gasteiger partial charge in [0, 0.05) is 19.6 Å². The topological polar surface area (TPSA) is 41.9 Å². The molecule has 0 spiro atoms. The van der Waals surface area contributed by atoms with Gasteiger partial charge in [-0.25, -0.2) is 0 Å². The van der Waals surface area contributed by atoms with E-state index in [1.807, 2.05) is 19.1 Å². The van der Waals surface area contributed by atoms with Crippen molar-refractivity contribution in [3.8, 4) is 11.5 Å². The summed E-state index contributed by atoms with van der Waals surface area (Å²) in [5.41, 5.74) is 0.610. The van der Waals surface area contributed by atoms with Gasteiger partial charge in [0.15, 0.2) is 11.5 Å². The number of fused-ring (bicyclic) bond motifs is 1. The highest BCUT2D eigenvalue weighted by molar-refractivity contribution is 6.32. The molecule has 0 radical (unpaired) electrons. The number of hydrogen-bond donors (Lipinski definition) is 1. The van der Waals surface area contributed by atoms with Crippen molar-refractivity contribution < 1.29 is 14.6 Å². The highest BCUT2D eigenvalue weighted by Gasteiger charge is 2.27. The van der Waals surface area contributed by atoms with Gasteiger partial charge in [0.2, 0.25) is 6.79 Å². The Kier molecular flexibility index (Phi) is 3.33. The van der Waals surface area contributed by atoms with Crippen LogP contribution in [0.25, 0.3) is 0 Å². The molecule has 2 aliphatic heterocycles. The van der Waals surface area contributed by atoms with Crippen LogP contribution in [0.15, 0.2) is 12.1 Å². The number of aliphatic hydroxyl groups is 1. The first-order valence-corrected chi connectivity index (χ1v) is 6.94. The van der Waals surface area contributed by atoms with Crippen LogP contribution in [-0.2, 0) is 6.54 Å². The molecule has 0 atom stereocenters. The molecule has 2 heterocycles. The van der Waals surface area contributed by atoms with Crippen molar-refractivity contribution >= 4 is 11.6 Å². The second kappa shape index (κ2) is 4.85. The van der Waals surface area contributed by atoms with Gasteiger partial charge in [-0.05, 0) is 37.5 Å². The van der Waals surface area contributed by atoms with Crippen molar-refractivity contribution in [2.75, 3.05) is 19.9 Å². The van der Waals surface area contributed by atoms with Crippen molar-refractivity contribution in [1.82, 2.24) is 4.90 Å². The molecule has 4 nitrogen and oxygen atoms in total. The molecule has 2 aliphatic rings. The van der Waals surface area contributed by atoms with Gasteiger partial charge in [0.25, 0.3) is 0 Å². The van der Waals surface area contributed by atoms with Crippen LogP contribution >= 0.6 is 11.6 Å². The lowest BCUT2D eigenvalue weighted by molar-refractivity contribution is -0.00731. The van der Waals surface area contributed by atoms with E-state index < -0.39 is 5.60 Å². The predicted octanol–water partition coefficient (Wildman–Crippen LogP) is 2.42. The minimum atomic E-state index is -0.511. The number of nitrogens with zero attached hydrogens (tertiary/aromatic N) is 1. The number of piperidine rings is 1. The quantitative estimate of drug-likeness (QED) is 0.905. The highest BCUT2D eigenvalue weighted by atomic mass is 35.5. The van der Waals surface area contributed by atoms with Crippen LogP contribution in [0.5, 0.6) is 11.5 Å². The number of benzene rings is 1. The standard InChI is InChI=1S/C14H18ClNO3/c1-14(17)2-4-16(5-3-14)8-10-6-11(15)13-12(7-10)18-9-19-13/h6-7,17H,2-5,8-9H2,1H3. The average Bonchev–Trinajstić information content (AvgIpc) is 2.81. The molecule has 1 aromatic carbocycles. The van der Waals surface area contributed by atoms with Gasteiger partial charge >= 0.3 is 0 Å². The van der Waals surface area contributed by atoms with Gasteiger partial charge < -0.3 is 14.6 Å². The molecule has 0 amide bonds.